The van der Waals surface area contributed by atoms with Gasteiger partial charge in [-0.15, -0.1) is 10.2 Å². The van der Waals surface area contributed by atoms with Gasteiger partial charge in [0.2, 0.25) is 11.8 Å². The van der Waals surface area contributed by atoms with Crippen molar-refractivity contribution in [1.82, 2.24) is 39.1 Å². The molecule has 0 aliphatic carbocycles. The van der Waals surface area contributed by atoms with Crippen LogP contribution in [0, 0.1) is 12.7 Å². The summed E-state index contributed by atoms with van der Waals surface area (Å²) in [7, 11) is 1.81. The topological polar surface area (TPSA) is 91.3 Å². The highest BCUT2D eigenvalue weighted by Crippen LogP contribution is 2.42. The Hall–Kier alpha value is -4.48. The van der Waals surface area contributed by atoms with Gasteiger partial charge < -0.3 is 9.88 Å². The molecule has 0 radical (unpaired) electrons. The number of aromatic nitrogens is 8. The highest BCUT2D eigenvalue weighted by atomic mass is 19.3. The zero-order valence-corrected chi connectivity index (χ0v) is 20.9. The molecule has 0 saturated carbocycles. The van der Waals surface area contributed by atoms with Crippen molar-refractivity contribution in [3.63, 3.8) is 0 Å². The molecular formula is C26H24F3N9. The monoisotopic (exact) mass is 519 g/mol. The number of rotatable bonds is 6. The van der Waals surface area contributed by atoms with E-state index in [1.807, 2.05) is 43.8 Å². The van der Waals surface area contributed by atoms with Crippen LogP contribution in [0.1, 0.15) is 36.3 Å². The number of fused-ring (bicyclic) bond motifs is 3. The Morgan fingerprint density at radius 3 is 2.71 bits per heavy atom. The summed E-state index contributed by atoms with van der Waals surface area (Å²) in [6, 6.07) is 8.20. The highest BCUT2D eigenvalue weighted by Gasteiger charge is 2.45. The minimum absolute atomic E-state index is 0.306. The molecule has 1 N–H and O–H groups in total. The number of aryl methyl sites for hydroxylation is 2. The summed E-state index contributed by atoms with van der Waals surface area (Å²) in [5, 5.41) is 15.3. The van der Waals surface area contributed by atoms with Crippen LogP contribution in [0.5, 0.6) is 0 Å². The van der Waals surface area contributed by atoms with Gasteiger partial charge >= 0.3 is 5.92 Å². The lowest BCUT2D eigenvalue weighted by Crippen LogP contribution is -2.29. The van der Waals surface area contributed by atoms with E-state index >= 15 is 8.78 Å². The molecule has 1 aliphatic heterocycles. The number of alkyl halides is 2. The summed E-state index contributed by atoms with van der Waals surface area (Å²) in [4.78, 5) is 9.09. The summed E-state index contributed by atoms with van der Waals surface area (Å²) >= 11 is 0. The van der Waals surface area contributed by atoms with Crippen molar-refractivity contribution in [2.24, 2.45) is 7.05 Å². The first-order valence-electron chi connectivity index (χ1n) is 12.2. The zero-order chi connectivity index (χ0) is 26.6. The maximum Gasteiger partial charge on any atom is 0.334 e. The molecule has 1 aliphatic rings. The molecule has 194 valence electrons. The zero-order valence-electron chi connectivity index (χ0n) is 20.9. The maximum atomic E-state index is 15.6. The standard InChI is InChI=1S/C26H24F3N9/c1-4-17-14-37-13-16(22-15(2)12-30-25(33-22)32-21-9-10-31-36(21)3)11-20(37)23-34-35-24(38(17)23)26(28,29)18-7-5-6-8-19(18)27/h5-13,17H,4,14H2,1-3H3,(H,30,32,33)/t17-/m0/s1. The fraction of sp³-hybridized carbons (Fsp3) is 0.269. The SMILES string of the molecule is CC[C@H]1Cn2cc(-c3nc(Nc4ccnn4C)ncc3C)cc2-c2nnc(C(F)(F)c3ccccc3F)n21. The second-order valence-corrected chi connectivity index (χ2v) is 9.29. The fourth-order valence-electron chi connectivity index (χ4n) is 4.87. The Kier molecular flexibility index (Phi) is 5.55. The third kappa shape index (κ3) is 3.75. The van der Waals surface area contributed by atoms with E-state index in [4.69, 9.17) is 4.98 Å². The molecule has 4 aromatic heterocycles. The van der Waals surface area contributed by atoms with E-state index in [1.165, 1.54) is 16.7 Å². The molecule has 1 atom stereocenters. The van der Waals surface area contributed by atoms with E-state index in [1.54, 1.807) is 17.1 Å². The Labute approximate surface area is 216 Å². The number of nitrogens with zero attached hydrogens (tertiary/aromatic N) is 8. The Morgan fingerprint density at radius 1 is 1.16 bits per heavy atom. The van der Waals surface area contributed by atoms with Crippen molar-refractivity contribution in [3.8, 4) is 22.8 Å². The van der Waals surface area contributed by atoms with Gasteiger partial charge in [-0.05, 0) is 37.1 Å². The van der Waals surface area contributed by atoms with Crippen LogP contribution in [0.15, 0.2) is 55.0 Å². The van der Waals surface area contributed by atoms with Crippen molar-refractivity contribution in [2.75, 3.05) is 5.32 Å². The first-order valence-corrected chi connectivity index (χ1v) is 12.2. The second kappa shape index (κ2) is 8.82. The van der Waals surface area contributed by atoms with E-state index in [0.29, 0.717) is 36.1 Å². The first kappa shape index (κ1) is 23.9. The minimum atomic E-state index is -3.66. The molecule has 0 spiro atoms. The largest absolute Gasteiger partial charge is 0.342 e. The Balaban J connectivity index is 1.42. The smallest absolute Gasteiger partial charge is 0.334 e. The van der Waals surface area contributed by atoms with Gasteiger partial charge in [-0.1, -0.05) is 19.1 Å². The van der Waals surface area contributed by atoms with Gasteiger partial charge in [0, 0.05) is 37.6 Å². The predicted octanol–water partition coefficient (Wildman–Crippen LogP) is 5.23. The highest BCUT2D eigenvalue weighted by molar-refractivity contribution is 5.71. The lowest BCUT2D eigenvalue weighted by molar-refractivity contribution is 0.0226. The molecule has 12 heteroatoms. The summed E-state index contributed by atoms with van der Waals surface area (Å²) in [5.74, 6) is -3.77. The van der Waals surface area contributed by atoms with Gasteiger partial charge in [0.05, 0.1) is 29.2 Å². The van der Waals surface area contributed by atoms with Gasteiger partial charge in [-0.25, -0.2) is 14.4 Å². The van der Waals surface area contributed by atoms with Crippen molar-refractivity contribution in [2.45, 2.75) is 38.8 Å². The van der Waals surface area contributed by atoms with Crippen LogP contribution in [0.25, 0.3) is 22.8 Å². The van der Waals surface area contributed by atoms with Crippen molar-refractivity contribution >= 4 is 11.8 Å². The molecular weight excluding hydrogens is 495 g/mol. The maximum absolute atomic E-state index is 15.6. The number of nitrogens with one attached hydrogen (secondary N) is 1. The average molecular weight is 520 g/mol. The molecule has 5 aromatic rings. The number of halogens is 3. The second-order valence-electron chi connectivity index (χ2n) is 9.29. The van der Waals surface area contributed by atoms with Crippen LogP contribution in [-0.2, 0) is 19.5 Å². The molecule has 0 fully saturated rings. The minimum Gasteiger partial charge on any atom is -0.342 e. The third-order valence-corrected chi connectivity index (χ3v) is 6.86. The van der Waals surface area contributed by atoms with E-state index in [-0.39, 0.29) is 6.04 Å². The fourth-order valence-corrected chi connectivity index (χ4v) is 4.87. The van der Waals surface area contributed by atoms with Crippen molar-refractivity contribution in [1.29, 1.82) is 0 Å². The number of benzene rings is 1. The van der Waals surface area contributed by atoms with Gasteiger partial charge in [-0.3, -0.25) is 9.25 Å². The van der Waals surface area contributed by atoms with Gasteiger partial charge in [0.25, 0.3) is 0 Å². The third-order valence-electron chi connectivity index (χ3n) is 6.86. The van der Waals surface area contributed by atoms with Crippen LogP contribution in [0.3, 0.4) is 0 Å². The normalized spacial score (nSPS) is 14.8. The lowest BCUT2D eigenvalue weighted by atomic mass is 10.1. The van der Waals surface area contributed by atoms with Crippen LogP contribution in [0.4, 0.5) is 24.9 Å². The predicted molar refractivity (Wildman–Crippen MR) is 134 cm³/mol. The van der Waals surface area contributed by atoms with Crippen LogP contribution in [0.2, 0.25) is 0 Å². The average Bonchev–Trinajstić information content (AvgIpc) is 3.63. The summed E-state index contributed by atoms with van der Waals surface area (Å²) < 4.78 is 50.7. The summed E-state index contributed by atoms with van der Waals surface area (Å²) in [6.45, 7) is 4.26. The molecule has 0 saturated heterocycles. The van der Waals surface area contributed by atoms with E-state index in [2.05, 4.69) is 25.6 Å². The summed E-state index contributed by atoms with van der Waals surface area (Å²) in [6.07, 6.45) is 5.89. The summed E-state index contributed by atoms with van der Waals surface area (Å²) in [5.41, 5.74) is 2.25. The molecule has 0 bridgehead atoms. The Bertz CT molecular complexity index is 1650. The van der Waals surface area contributed by atoms with Crippen LogP contribution >= 0.6 is 0 Å². The Morgan fingerprint density at radius 2 is 1.97 bits per heavy atom. The number of hydrogen-bond donors (Lipinski definition) is 1. The number of hydrogen-bond acceptors (Lipinski definition) is 6. The molecule has 38 heavy (non-hydrogen) atoms. The molecule has 1 aromatic carbocycles. The van der Waals surface area contributed by atoms with Gasteiger partial charge in [0.15, 0.2) is 5.82 Å². The van der Waals surface area contributed by atoms with E-state index in [9.17, 15) is 4.39 Å². The van der Waals surface area contributed by atoms with E-state index in [0.717, 1.165) is 29.1 Å². The molecule has 0 amide bonds. The molecule has 5 heterocycles. The van der Waals surface area contributed by atoms with Crippen LogP contribution in [-0.4, -0.2) is 39.1 Å². The number of anilines is 2. The molecule has 0 unspecified atom stereocenters. The van der Waals surface area contributed by atoms with Gasteiger partial charge in [0.1, 0.15) is 11.6 Å². The van der Waals surface area contributed by atoms with Crippen molar-refractivity contribution in [3.05, 3.63) is 77.8 Å². The van der Waals surface area contributed by atoms with Crippen LogP contribution < -0.4 is 5.32 Å². The molecule has 6 rings (SSSR count). The first-order chi connectivity index (χ1) is 18.3. The van der Waals surface area contributed by atoms with Crippen molar-refractivity contribution < 1.29 is 13.2 Å². The van der Waals surface area contributed by atoms with E-state index < -0.39 is 23.1 Å². The quantitative estimate of drug-likeness (QED) is 0.330. The molecule has 9 nitrogen and oxygen atoms in total. The lowest BCUT2D eigenvalue weighted by Gasteiger charge is -2.29. The van der Waals surface area contributed by atoms with Gasteiger partial charge in [-0.2, -0.15) is 13.9 Å².